The number of fused-ring (bicyclic) bond motifs is 2. The van der Waals surface area contributed by atoms with Gasteiger partial charge in [0.05, 0.1) is 18.2 Å². The van der Waals surface area contributed by atoms with Crippen molar-refractivity contribution in [2.75, 3.05) is 6.61 Å². The highest BCUT2D eigenvalue weighted by atomic mass is 16.5. The molecule has 0 aliphatic carbocycles. The van der Waals surface area contributed by atoms with E-state index in [0.717, 1.165) is 28.8 Å². The average molecular weight is 303 g/mol. The standard InChI is InChI=1S/C10H11NO.C9H6N2/c1-2-12-9-3-4-10-8(7-9)5-6-11-10;10-6-7-1-2-9-8(5-7)3-4-11-9/h3-7,11H,2H2,1H3;1-5,11H. The Morgan fingerprint density at radius 2 is 1.57 bits per heavy atom. The summed E-state index contributed by atoms with van der Waals surface area (Å²) in [4.78, 5) is 6.19. The average Bonchev–Trinajstić information content (AvgIpc) is 3.23. The number of hydrogen-bond acceptors (Lipinski definition) is 2. The van der Waals surface area contributed by atoms with Gasteiger partial charge in [0.2, 0.25) is 0 Å². The highest BCUT2D eigenvalue weighted by Crippen LogP contribution is 2.19. The SMILES string of the molecule is CCOc1ccc2[nH]ccc2c1.N#Cc1ccc2[nH]ccc2c1. The van der Waals surface area contributed by atoms with Crippen LogP contribution >= 0.6 is 0 Å². The molecule has 0 spiro atoms. The number of H-pyrrole nitrogens is 2. The Labute approximate surface area is 134 Å². The van der Waals surface area contributed by atoms with E-state index in [4.69, 9.17) is 10.00 Å². The van der Waals surface area contributed by atoms with Crippen LogP contribution in [0, 0.1) is 11.3 Å². The van der Waals surface area contributed by atoms with Crippen LogP contribution in [0.1, 0.15) is 12.5 Å². The Morgan fingerprint density at radius 3 is 2.22 bits per heavy atom. The number of hydrogen-bond donors (Lipinski definition) is 2. The summed E-state index contributed by atoms with van der Waals surface area (Å²) in [5.41, 5.74) is 2.93. The summed E-state index contributed by atoms with van der Waals surface area (Å²) in [6, 6.07) is 17.7. The number of nitrogens with zero attached hydrogens (tertiary/aromatic N) is 1. The largest absolute Gasteiger partial charge is 0.494 e. The van der Waals surface area contributed by atoms with Gasteiger partial charge in [0, 0.05) is 34.2 Å². The molecule has 4 aromatic rings. The number of ether oxygens (including phenoxy) is 1. The van der Waals surface area contributed by atoms with Crippen LogP contribution in [0.5, 0.6) is 5.75 Å². The van der Waals surface area contributed by atoms with Crippen LogP contribution in [0.15, 0.2) is 60.9 Å². The summed E-state index contributed by atoms with van der Waals surface area (Å²) < 4.78 is 5.37. The smallest absolute Gasteiger partial charge is 0.120 e. The molecule has 2 aromatic carbocycles. The zero-order valence-corrected chi connectivity index (χ0v) is 12.8. The summed E-state index contributed by atoms with van der Waals surface area (Å²) in [7, 11) is 0. The van der Waals surface area contributed by atoms with Crippen molar-refractivity contribution in [3.8, 4) is 11.8 Å². The molecule has 4 nitrogen and oxygen atoms in total. The van der Waals surface area contributed by atoms with Crippen LogP contribution in [0.25, 0.3) is 21.8 Å². The minimum atomic E-state index is 0.706. The normalized spacial score (nSPS) is 10.1. The molecule has 23 heavy (non-hydrogen) atoms. The van der Waals surface area contributed by atoms with Gasteiger partial charge in [-0.25, -0.2) is 0 Å². The lowest BCUT2D eigenvalue weighted by Crippen LogP contribution is -1.90. The molecule has 0 saturated heterocycles. The fourth-order valence-corrected chi connectivity index (χ4v) is 2.41. The van der Waals surface area contributed by atoms with Crippen LogP contribution < -0.4 is 4.74 Å². The minimum absolute atomic E-state index is 0.706. The van der Waals surface area contributed by atoms with Gasteiger partial charge in [-0.15, -0.1) is 0 Å². The lowest BCUT2D eigenvalue weighted by molar-refractivity contribution is 0.341. The highest BCUT2D eigenvalue weighted by Gasteiger charge is 1.96. The van der Waals surface area contributed by atoms with E-state index in [-0.39, 0.29) is 0 Å². The molecule has 4 heteroatoms. The zero-order chi connectivity index (χ0) is 16.1. The van der Waals surface area contributed by atoms with Gasteiger partial charge < -0.3 is 14.7 Å². The van der Waals surface area contributed by atoms with Gasteiger partial charge >= 0.3 is 0 Å². The predicted molar refractivity (Wildman–Crippen MR) is 92.5 cm³/mol. The molecule has 2 N–H and O–H groups in total. The lowest BCUT2D eigenvalue weighted by atomic mass is 10.2. The van der Waals surface area contributed by atoms with E-state index in [0.29, 0.717) is 5.56 Å². The second kappa shape index (κ2) is 6.71. The Balaban J connectivity index is 0.000000136. The molecule has 2 heterocycles. The van der Waals surface area contributed by atoms with Crippen LogP contribution in [0.4, 0.5) is 0 Å². The maximum Gasteiger partial charge on any atom is 0.120 e. The number of aromatic amines is 2. The van der Waals surface area contributed by atoms with Crippen molar-refractivity contribution in [2.24, 2.45) is 0 Å². The van der Waals surface area contributed by atoms with E-state index < -0.39 is 0 Å². The van der Waals surface area contributed by atoms with Crippen molar-refractivity contribution in [1.29, 1.82) is 5.26 Å². The van der Waals surface area contributed by atoms with Crippen LogP contribution in [0.3, 0.4) is 0 Å². The second-order valence-corrected chi connectivity index (χ2v) is 5.05. The van der Waals surface area contributed by atoms with E-state index >= 15 is 0 Å². The summed E-state index contributed by atoms with van der Waals surface area (Å²) in [5.74, 6) is 0.935. The molecule has 0 atom stereocenters. The third-order valence-electron chi connectivity index (χ3n) is 3.52. The summed E-state index contributed by atoms with van der Waals surface area (Å²) in [6.45, 7) is 2.71. The minimum Gasteiger partial charge on any atom is -0.494 e. The van der Waals surface area contributed by atoms with Crippen molar-refractivity contribution < 1.29 is 4.74 Å². The van der Waals surface area contributed by atoms with Crippen LogP contribution in [0.2, 0.25) is 0 Å². The number of aromatic nitrogens is 2. The van der Waals surface area contributed by atoms with Crippen LogP contribution in [-0.4, -0.2) is 16.6 Å². The molecular formula is C19H17N3O. The molecule has 0 radical (unpaired) electrons. The fourth-order valence-electron chi connectivity index (χ4n) is 2.41. The molecular weight excluding hydrogens is 286 g/mol. The van der Waals surface area contributed by atoms with Gasteiger partial charge in [-0.1, -0.05) is 0 Å². The number of rotatable bonds is 2. The first kappa shape index (κ1) is 14.7. The molecule has 0 bridgehead atoms. The molecule has 114 valence electrons. The van der Waals surface area contributed by atoms with E-state index in [1.54, 1.807) is 6.07 Å². The van der Waals surface area contributed by atoms with Gasteiger partial charge in [-0.05, 0) is 55.5 Å². The van der Waals surface area contributed by atoms with Gasteiger partial charge in [0.15, 0.2) is 0 Å². The summed E-state index contributed by atoms with van der Waals surface area (Å²) in [5, 5.41) is 10.9. The topological polar surface area (TPSA) is 64.6 Å². The van der Waals surface area contributed by atoms with Gasteiger partial charge in [0.25, 0.3) is 0 Å². The van der Waals surface area contributed by atoms with E-state index in [9.17, 15) is 0 Å². The molecule has 0 aliphatic heterocycles. The third-order valence-corrected chi connectivity index (χ3v) is 3.52. The molecule has 2 aromatic heterocycles. The molecule has 0 fully saturated rings. The lowest BCUT2D eigenvalue weighted by Gasteiger charge is -2.01. The third kappa shape index (κ3) is 3.35. The molecule has 0 amide bonds. The quantitative estimate of drug-likeness (QED) is 0.568. The van der Waals surface area contributed by atoms with Crippen molar-refractivity contribution in [2.45, 2.75) is 6.92 Å². The Morgan fingerprint density at radius 1 is 0.913 bits per heavy atom. The monoisotopic (exact) mass is 303 g/mol. The Bertz CT molecular complexity index is 959. The van der Waals surface area contributed by atoms with Gasteiger partial charge in [-0.3, -0.25) is 0 Å². The summed E-state index contributed by atoms with van der Waals surface area (Å²) in [6.07, 6.45) is 3.80. The summed E-state index contributed by atoms with van der Waals surface area (Å²) >= 11 is 0. The highest BCUT2D eigenvalue weighted by molar-refractivity contribution is 5.81. The van der Waals surface area contributed by atoms with Crippen LogP contribution in [-0.2, 0) is 0 Å². The molecule has 0 aliphatic rings. The number of nitrogens with one attached hydrogen (secondary N) is 2. The first-order valence-corrected chi connectivity index (χ1v) is 7.47. The van der Waals surface area contributed by atoms with Crippen molar-refractivity contribution in [3.05, 3.63) is 66.5 Å². The Kier molecular flexibility index (Phi) is 4.30. The zero-order valence-electron chi connectivity index (χ0n) is 12.8. The van der Waals surface area contributed by atoms with Crippen molar-refractivity contribution in [3.63, 3.8) is 0 Å². The fraction of sp³-hybridized carbons (Fsp3) is 0.105. The molecule has 0 saturated carbocycles. The predicted octanol–water partition coefficient (Wildman–Crippen LogP) is 4.61. The maximum atomic E-state index is 8.57. The van der Waals surface area contributed by atoms with E-state index in [1.807, 2.05) is 61.8 Å². The first-order valence-electron chi connectivity index (χ1n) is 7.47. The molecule has 0 unspecified atom stereocenters. The second-order valence-electron chi connectivity index (χ2n) is 5.05. The van der Waals surface area contributed by atoms with Gasteiger partial charge in [0.1, 0.15) is 5.75 Å². The Hall–Kier alpha value is -3.19. The van der Waals surface area contributed by atoms with E-state index in [1.165, 1.54) is 5.39 Å². The van der Waals surface area contributed by atoms with Crippen molar-refractivity contribution in [1.82, 2.24) is 9.97 Å². The molecule has 4 rings (SSSR count). The first-order chi connectivity index (χ1) is 11.3. The maximum absolute atomic E-state index is 8.57. The van der Waals surface area contributed by atoms with E-state index in [2.05, 4.69) is 16.0 Å². The number of nitriles is 1. The van der Waals surface area contributed by atoms with Crippen molar-refractivity contribution >= 4 is 21.8 Å². The number of benzene rings is 2. The van der Waals surface area contributed by atoms with Gasteiger partial charge in [-0.2, -0.15) is 5.26 Å².